The average Bonchev–Trinajstić information content (AvgIpc) is 2.43. The maximum absolute atomic E-state index is 5.89. The Morgan fingerprint density at radius 2 is 1.57 bits per heavy atom. The molecular weight excluding hydrogens is 286 g/mol. The van der Waals surface area contributed by atoms with Gasteiger partial charge in [-0.1, -0.05) is 26.2 Å². The summed E-state index contributed by atoms with van der Waals surface area (Å²) in [5, 5.41) is 0. The van der Waals surface area contributed by atoms with Gasteiger partial charge in [0.1, 0.15) is 11.5 Å². The highest BCUT2D eigenvalue weighted by Gasteiger charge is 2.12. The lowest BCUT2D eigenvalue weighted by molar-refractivity contribution is 0.393. The van der Waals surface area contributed by atoms with Crippen molar-refractivity contribution in [2.75, 3.05) is 14.2 Å². The third kappa shape index (κ3) is 6.58. The molecule has 3 nitrogen and oxygen atoms in total. The number of methoxy groups -OCH3 is 2. The Bertz CT molecular complexity index is 408. The number of hydrogen-bond donors (Lipinski definition) is 1. The molecule has 122 valence electrons. The predicted octanol–water partition coefficient (Wildman–Crippen LogP) is 4.14. The Labute approximate surface area is 135 Å². The van der Waals surface area contributed by atoms with E-state index in [0.717, 1.165) is 29.9 Å². The van der Waals surface area contributed by atoms with Gasteiger partial charge in [0, 0.05) is 6.04 Å². The maximum Gasteiger partial charge on any atom is 0.122 e. The SMILES string of the molecule is CCCCCCc1cc(OC)c(CC(C)N)cc1OC.Cl. The first kappa shape index (κ1) is 20.1. The summed E-state index contributed by atoms with van der Waals surface area (Å²) in [5.41, 5.74) is 8.25. The highest BCUT2D eigenvalue weighted by Crippen LogP contribution is 2.30. The molecule has 1 atom stereocenters. The van der Waals surface area contributed by atoms with E-state index in [0.29, 0.717) is 0 Å². The Morgan fingerprint density at radius 3 is 2.10 bits per heavy atom. The van der Waals surface area contributed by atoms with Crippen molar-refractivity contribution in [3.8, 4) is 11.5 Å². The molecule has 0 bridgehead atoms. The number of unbranched alkanes of at least 4 members (excludes halogenated alkanes) is 3. The minimum atomic E-state index is 0. The van der Waals surface area contributed by atoms with E-state index in [1.165, 1.54) is 31.2 Å². The predicted molar refractivity (Wildman–Crippen MR) is 92.0 cm³/mol. The van der Waals surface area contributed by atoms with Crippen LogP contribution >= 0.6 is 12.4 Å². The number of ether oxygens (including phenoxy) is 2. The van der Waals surface area contributed by atoms with Crippen molar-refractivity contribution in [3.05, 3.63) is 23.3 Å². The monoisotopic (exact) mass is 315 g/mol. The maximum atomic E-state index is 5.89. The van der Waals surface area contributed by atoms with Crippen LogP contribution in [-0.2, 0) is 12.8 Å². The molecule has 1 rings (SSSR count). The van der Waals surface area contributed by atoms with Crippen LogP contribution in [-0.4, -0.2) is 20.3 Å². The van der Waals surface area contributed by atoms with Crippen molar-refractivity contribution in [1.82, 2.24) is 0 Å². The highest BCUT2D eigenvalue weighted by atomic mass is 35.5. The van der Waals surface area contributed by atoms with Crippen LogP contribution in [0, 0.1) is 0 Å². The zero-order chi connectivity index (χ0) is 15.0. The van der Waals surface area contributed by atoms with Gasteiger partial charge in [0.15, 0.2) is 0 Å². The van der Waals surface area contributed by atoms with Crippen LogP contribution in [0.2, 0.25) is 0 Å². The molecule has 0 fully saturated rings. The largest absolute Gasteiger partial charge is 0.496 e. The molecule has 2 N–H and O–H groups in total. The van der Waals surface area contributed by atoms with Crippen LogP contribution < -0.4 is 15.2 Å². The molecular formula is C17H30ClNO2. The summed E-state index contributed by atoms with van der Waals surface area (Å²) in [6.45, 7) is 4.23. The first-order valence-electron chi connectivity index (χ1n) is 7.61. The summed E-state index contributed by atoms with van der Waals surface area (Å²) >= 11 is 0. The van der Waals surface area contributed by atoms with Gasteiger partial charge in [0.25, 0.3) is 0 Å². The number of rotatable bonds is 9. The molecule has 0 saturated heterocycles. The third-order valence-corrected chi connectivity index (χ3v) is 3.53. The summed E-state index contributed by atoms with van der Waals surface area (Å²) in [4.78, 5) is 0. The number of hydrogen-bond acceptors (Lipinski definition) is 3. The van der Waals surface area contributed by atoms with Crippen molar-refractivity contribution in [3.63, 3.8) is 0 Å². The van der Waals surface area contributed by atoms with Crippen LogP contribution in [0.4, 0.5) is 0 Å². The van der Waals surface area contributed by atoms with Crippen molar-refractivity contribution < 1.29 is 9.47 Å². The van der Waals surface area contributed by atoms with E-state index in [1.807, 2.05) is 6.92 Å². The van der Waals surface area contributed by atoms with E-state index in [2.05, 4.69) is 19.1 Å². The molecule has 1 aromatic rings. The molecule has 0 aromatic heterocycles. The first-order chi connectivity index (χ1) is 9.62. The number of benzene rings is 1. The summed E-state index contributed by atoms with van der Waals surface area (Å²) in [6.07, 6.45) is 6.85. The number of nitrogens with two attached hydrogens (primary N) is 1. The Hall–Kier alpha value is -0.930. The normalized spacial score (nSPS) is 11.7. The van der Waals surface area contributed by atoms with Crippen molar-refractivity contribution in [1.29, 1.82) is 0 Å². The quantitative estimate of drug-likeness (QED) is 0.697. The molecule has 0 heterocycles. The van der Waals surface area contributed by atoms with Gasteiger partial charge in [-0.3, -0.25) is 0 Å². The second-order valence-electron chi connectivity index (χ2n) is 5.47. The minimum Gasteiger partial charge on any atom is -0.496 e. The second-order valence-corrected chi connectivity index (χ2v) is 5.47. The van der Waals surface area contributed by atoms with Gasteiger partial charge in [-0.25, -0.2) is 0 Å². The van der Waals surface area contributed by atoms with Crippen LogP contribution in [0.15, 0.2) is 12.1 Å². The van der Waals surface area contributed by atoms with E-state index in [1.54, 1.807) is 14.2 Å². The molecule has 1 aromatic carbocycles. The minimum absolute atomic E-state index is 0. The van der Waals surface area contributed by atoms with Gasteiger partial charge in [-0.2, -0.15) is 0 Å². The fourth-order valence-electron chi connectivity index (χ4n) is 2.47. The lowest BCUT2D eigenvalue weighted by Gasteiger charge is -2.16. The van der Waals surface area contributed by atoms with E-state index in [-0.39, 0.29) is 18.4 Å². The van der Waals surface area contributed by atoms with Gasteiger partial charge >= 0.3 is 0 Å². The van der Waals surface area contributed by atoms with Crippen LogP contribution in [0.25, 0.3) is 0 Å². The van der Waals surface area contributed by atoms with Crippen LogP contribution in [0.3, 0.4) is 0 Å². The Morgan fingerprint density at radius 1 is 1.00 bits per heavy atom. The van der Waals surface area contributed by atoms with Gasteiger partial charge < -0.3 is 15.2 Å². The highest BCUT2D eigenvalue weighted by molar-refractivity contribution is 5.85. The average molecular weight is 316 g/mol. The molecule has 0 aliphatic rings. The summed E-state index contributed by atoms with van der Waals surface area (Å²) in [7, 11) is 3.44. The molecule has 0 saturated carbocycles. The van der Waals surface area contributed by atoms with Gasteiger partial charge in [0.05, 0.1) is 14.2 Å². The van der Waals surface area contributed by atoms with Crippen molar-refractivity contribution in [2.24, 2.45) is 5.73 Å². The summed E-state index contributed by atoms with van der Waals surface area (Å²) in [5.74, 6) is 1.88. The molecule has 0 radical (unpaired) electrons. The lowest BCUT2D eigenvalue weighted by atomic mass is 9.99. The van der Waals surface area contributed by atoms with Gasteiger partial charge in [0.2, 0.25) is 0 Å². The smallest absolute Gasteiger partial charge is 0.122 e. The lowest BCUT2D eigenvalue weighted by Crippen LogP contribution is -2.18. The van der Waals surface area contributed by atoms with Crippen molar-refractivity contribution in [2.45, 2.75) is 58.4 Å². The Kier molecular flexibility index (Phi) is 10.3. The fourth-order valence-corrected chi connectivity index (χ4v) is 2.47. The Balaban J connectivity index is 0.00000400. The van der Waals surface area contributed by atoms with Gasteiger partial charge in [-0.15, -0.1) is 12.4 Å². The number of halogens is 1. The summed E-state index contributed by atoms with van der Waals surface area (Å²) in [6, 6.07) is 4.31. The standard InChI is InChI=1S/C17H29NO2.ClH/c1-5-6-7-8-9-14-11-17(20-4)15(10-13(2)18)12-16(14)19-3;/h11-13H,5-10,18H2,1-4H3;1H. The third-order valence-electron chi connectivity index (χ3n) is 3.53. The molecule has 21 heavy (non-hydrogen) atoms. The molecule has 0 spiro atoms. The second kappa shape index (κ2) is 10.7. The molecule has 0 aliphatic heterocycles. The van der Waals surface area contributed by atoms with Crippen molar-refractivity contribution >= 4 is 12.4 Å². The van der Waals surface area contributed by atoms with E-state index < -0.39 is 0 Å². The molecule has 0 aliphatic carbocycles. The zero-order valence-electron chi connectivity index (χ0n) is 13.8. The molecule has 4 heteroatoms. The topological polar surface area (TPSA) is 44.5 Å². The van der Waals surface area contributed by atoms with Gasteiger partial charge in [-0.05, 0) is 49.4 Å². The van der Waals surface area contributed by atoms with E-state index in [4.69, 9.17) is 15.2 Å². The molecule has 1 unspecified atom stereocenters. The first-order valence-corrected chi connectivity index (χ1v) is 7.61. The molecule has 0 amide bonds. The van der Waals surface area contributed by atoms with Crippen LogP contribution in [0.1, 0.15) is 50.7 Å². The number of aryl methyl sites for hydroxylation is 1. The summed E-state index contributed by atoms with van der Waals surface area (Å²) < 4.78 is 11.0. The van der Waals surface area contributed by atoms with E-state index >= 15 is 0 Å². The zero-order valence-corrected chi connectivity index (χ0v) is 14.6. The fraction of sp³-hybridized carbons (Fsp3) is 0.647. The van der Waals surface area contributed by atoms with E-state index in [9.17, 15) is 0 Å². The van der Waals surface area contributed by atoms with Crippen LogP contribution in [0.5, 0.6) is 11.5 Å².